The molecule has 0 aromatic rings. The van der Waals surface area contributed by atoms with Crippen LogP contribution in [0.1, 0.15) is 34.6 Å². The third-order valence-electron chi connectivity index (χ3n) is 1.59. The first-order chi connectivity index (χ1) is 5.63. The summed E-state index contributed by atoms with van der Waals surface area (Å²) < 4.78 is 0. The maximum Gasteiger partial charge on any atom is 0.225 e. The zero-order chi connectivity index (χ0) is 9.56. The summed E-state index contributed by atoms with van der Waals surface area (Å²) in [6.07, 6.45) is 1.67. The van der Waals surface area contributed by atoms with Crippen molar-refractivity contribution in [2.45, 2.75) is 34.6 Å². The number of carbonyl (C=O) groups excluding carboxylic acids is 2. The molecule has 0 radical (unpaired) electrons. The number of aldehydes is 1. The second-order valence-electron chi connectivity index (χ2n) is 3.11. The number of hydrogen-bond acceptors (Lipinski definition) is 2. The van der Waals surface area contributed by atoms with Crippen LogP contribution in [0, 0.1) is 5.92 Å². The summed E-state index contributed by atoms with van der Waals surface area (Å²) in [7, 11) is 0. The van der Waals surface area contributed by atoms with E-state index in [1.807, 2.05) is 20.8 Å². The van der Waals surface area contributed by atoms with Gasteiger partial charge < -0.3 is 9.69 Å². The van der Waals surface area contributed by atoms with Gasteiger partial charge in [0.15, 0.2) is 0 Å². The maximum absolute atomic E-state index is 11.4. The quantitative estimate of drug-likeness (QED) is 0.614. The van der Waals surface area contributed by atoms with Gasteiger partial charge in [-0.1, -0.05) is 28.2 Å². The Bertz CT molecular complexity index is 155. The minimum absolute atomic E-state index is 0. The molecule has 0 aromatic heterocycles. The van der Waals surface area contributed by atoms with E-state index in [1.165, 1.54) is 0 Å². The summed E-state index contributed by atoms with van der Waals surface area (Å²) >= 11 is 0. The molecule has 13 heavy (non-hydrogen) atoms. The summed E-state index contributed by atoms with van der Waals surface area (Å²) in [5.41, 5.74) is 0. The average Bonchev–Trinajstić information content (AvgIpc) is 2.03. The van der Waals surface area contributed by atoms with E-state index < -0.39 is 0 Å². The average molecular weight is 187 g/mol. The SMILES string of the molecule is C.CCCN(CC=O)C(=O)C(C)C. The molecule has 0 spiro atoms. The molecule has 0 saturated carbocycles. The lowest BCUT2D eigenvalue weighted by Crippen LogP contribution is -2.36. The van der Waals surface area contributed by atoms with E-state index in [0.29, 0.717) is 6.54 Å². The van der Waals surface area contributed by atoms with Gasteiger partial charge >= 0.3 is 0 Å². The molecular weight excluding hydrogens is 166 g/mol. The van der Waals surface area contributed by atoms with Crippen LogP contribution in [0.15, 0.2) is 0 Å². The Morgan fingerprint density at radius 2 is 2.00 bits per heavy atom. The van der Waals surface area contributed by atoms with Gasteiger partial charge in [0.25, 0.3) is 0 Å². The van der Waals surface area contributed by atoms with Crippen LogP contribution in [0.2, 0.25) is 0 Å². The minimum Gasteiger partial charge on any atom is -0.335 e. The molecule has 0 aromatic carbocycles. The molecule has 0 aliphatic rings. The standard InChI is InChI=1S/C9H17NO2.CH4/c1-4-5-10(6-7-11)9(12)8(2)3;/h7-8H,4-6H2,1-3H3;1H4. The first-order valence-corrected chi connectivity index (χ1v) is 4.35. The third-order valence-corrected chi connectivity index (χ3v) is 1.59. The molecule has 0 N–H and O–H groups in total. The number of nitrogens with zero attached hydrogens (tertiary/aromatic N) is 1. The van der Waals surface area contributed by atoms with Gasteiger partial charge in [-0.2, -0.15) is 0 Å². The van der Waals surface area contributed by atoms with Crippen molar-refractivity contribution >= 4 is 12.2 Å². The van der Waals surface area contributed by atoms with Crippen LogP contribution in [0.4, 0.5) is 0 Å². The number of rotatable bonds is 5. The summed E-state index contributed by atoms with van der Waals surface area (Å²) in [6, 6.07) is 0. The number of amides is 1. The highest BCUT2D eigenvalue weighted by Gasteiger charge is 2.14. The van der Waals surface area contributed by atoms with Crippen LogP contribution in [0.3, 0.4) is 0 Å². The lowest BCUT2D eigenvalue weighted by Gasteiger charge is -2.21. The molecule has 0 rings (SSSR count). The summed E-state index contributed by atoms with van der Waals surface area (Å²) in [4.78, 5) is 23.2. The molecule has 0 heterocycles. The van der Waals surface area contributed by atoms with Gasteiger partial charge in [0.2, 0.25) is 5.91 Å². The van der Waals surface area contributed by atoms with Gasteiger partial charge in [0.1, 0.15) is 6.29 Å². The van der Waals surface area contributed by atoms with Crippen LogP contribution < -0.4 is 0 Å². The van der Waals surface area contributed by atoms with E-state index in [9.17, 15) is 9.59 Å². The van der Waals surface area contributed by atoms with Gasteiger partial charge in [0.05, 0.1) is 6.54 Å². The van der Waals surface area contributed by atoms with Crippen molar-refractivity contribution in [1.29, 1.82) is 0 Å². The summed E-state index contributed by atoms with van der Waals surface area (Å²) in [5.74, 6) is 0.0421. The van der Waals surface area contributed by atoms with Crippen molar-refractivity contribution in [3.05, 3.63) is 0 Å². The molecule has 1 amide bonds. The molecule has 3 heteroatoms. The molecular formula is C10H21NO2. The molecule has 0 bridgehead atoms. The summed E-state index contributed by atoms with van der Waals surface area (Å²) in [5, 5.41) is 0. The molecule has 0 aliphatic heterocycles. The zero-order valence-corrected chi connectivity index (χ0v) is 8.04. The van der Waals surface area contributed by atoms with E-state index in [0.717, 1.165) is 12.7 Å². The van der Waals surface area contributed by atoms with Gasteiger partial charge in [-0.05, 0) is 6.42 Å². The van der Waals surface area contributed by atoms with Crippen LogP contribution in [-0.4, -0.2) is 30.2 Å². The largest absolute Gasteiger partial charge is 0.335 e. The highest BCUT2D eigenvalue weighted by Crippen LogP contribution is 2.01. The molecule has 0 atom stereocenters. The fourth-order valence-corrected chi connectivity index (χ4v) is 1.02. The lowest BCUT2D eigenvalue weighted by molar-refractivity contribution is -0.136. The first-order valence-electron chi connectivity index (χ1n) is 4.35. The zero-order valence-electron chi connectivity index (χ0n) is 8.04. The topological polar surface area (TPSA) is 37.4 Å². The second kappa shape index (κ2) is 7.77. The maximum atomic E-state index is 11.4. The Morgan fingerprint density at radius 3 is 2.31 bits per heavy atom. The Balaban J connectivity index is 0. The van der Waals surface area contributed by atoms with Crippen LogP contribution in [0.25, 0.3) is 0 Å². The van der Waals surface area contributed by atoms with E-state index >= 15 is 0 Å². The normalized spacial score (nSPS) is 9.23. The van der Waals surface area contributed by atoms with E-state index in [4.69, 9.17) is 0 Å². The fraction of sp³-hybridized carbons (Fsp3) is 0.800. The smallest absolute Gasteiger partial charge is 0.225 e. The van der Waals surface area contributed by atoms with E-state index in [2.05, 4.69) is 0 Å². The minimum atomic E-state index is -0.0171. The van der Waals surface area contributed by atoms with Gasteiger partial charge in [-0.3, -0.25) is 4.79 Å². The van der Waals surface area contributed by atoms with Crippen LogP contribution >= 0.6 is 0 Å². The van der Waals surface area contributed by atoms with E-state index in [-0.39, 0.29) is 25.8 Å². The Hall–Kier alpha value is -0.860. The number of hydrogen-bond donors (Lipinski definition) is 0. The van der Waals surface area contributed by atoms with Crippen molar-refractivity contribution in [2.75, 3.05) is 13.1 Å². The van der Waals surface area contributed by atoms with Crippen molar-refractivity contribution in [2.24, 2.45) is 5.92 Å². The second-order valence-corrected chi connectivity index (χ2v) is 3.11. The highest BCUT2D eigenvalue weighted by molar-refractivity contribution is 5.80. The van der Waals surface area contributed by atoms with Crippen molar-refractivity contribution < 1.29 is 9.59 Å². The van der Waals surface area contributed by atoms with E-state index in [1.54, 1.807) is 4.90 Å². The lowest BCUT2D eigenvalue weighted by atomic mass is 10.2. The monoisotopic (exact) mass is 187 g/mol. The molecule has 3 nitrogen and oxygen atoms in total. The fourth-order valence-electron chi connectivity index (χ4n) is 1.02. The molecule has 0 fully saturated rings. The molecule has 0 aliphatic carbocycles. The predicted octanol–water partition coefficient (Wildman–Crippen LogP) is 1.72. The Kier molecular flexibility index (Phi) is 8.76. The third kappa shape index (κ3) is 5.39. The predicted molar refractivity (Wildman–Crippen MR) is 54.5 cm³/mol. The first kappa shape index (κ1) is 14.7. The van der Waals surface area contributed by atoms with Gasteiger partial charge in [0, 0.05) is 12.5 Å². The van der Waals surface area contributed by atoms with Gasteiger partial charge in [-0.15, -0.1) is 0 Å². The molecule has 0 saturated heterocycles. The van der Waals surface area contributed by atoms with Gasteiger partial charge in [-0.25, -0.2) is 0 Å². The molecule has 0 unspecified atom stereocenters. The van der Waals surface area contributed by atoms with Crippen LogP contribution in [0.5, 0.6) is 0 Å². The Labute approximate surface area is 81.1 Å². The van der Waals surface area contributed by atoms with Crippen LogP contribution in [-0.2, 0) is 9.59 Å². The number of carbonyl (C=O) groups is 2. The van der Waals surface area contributed by atoms with Crippen molar-refractivity contribution in [3.63, 3.8) is 0 Å². The highest BCUT2D eigenvalue weighted by atomic mass is 16.2. The summed E-state index contributed by atoms with van der Waals surface area (Å²) in [6.45, 7) is 6.58. The van der Waals surface area contributed by atoms with Crippen molar-refractivity contribution in [1.82, 2.24) is 4.90 Å². The molecule has 78 valence electrons. The van der Waals surface area contributed by atoms with Crippen molar-refractivity contribution in [3.8, 4) is 0 Å². The Morgan fingerprint density at radius 1 is 1.46 bits per heavy atom.